The summed E-state index contributed by atoms with van der Waals surface area (Å²) in [6.45, 7) is 5.44. The minimum Gasteiger partial charge on any atom is -0.361 e. The molecule has 2 aromatic rings. The lowest BCUT2D eigenvalue weighted by Gasteiger charge is -2.08. The summed E-state index contributed by atoms with van der Waals surface area (Å²) >= 11 is 0. The monoisotopic (exact) mass is 257 g/mol. The van der Waals surface area contributed by atoms with Gasteiger partial charge >= 0.3 is 0 Å². The van der Waals surface area contributed by atoms with E-state index in [-0.39, 0.29) is 5.56 Å². The summed E-state index contributed by atoms with van der Waals surface area (Å²) in [7, 11) is 0. The topological polar surface area (TPSA) is 46.9 Å². The Balaban J connectivity index is 2.11. The predicted octanol–water partition coefficient (Wildman–Crippen LogP) is 2.57. The summed E-state index contributed by atoms with van der Waals surface area (Å²) in [5, 5.41) is 3.11. The van der Waals surface area contributed by atoms with Crippen LogP contribution in [0.2, 0.25) is 0 Å². The van der Waals surface area contributed by atoms with Gasteiger partial charge in [0.15, 0.2) is 5.82 Å². The molecule has 0 spiro atoms. The van der Waals surface area contributed by atoms with Crippen molar-refractivity contribution in [2.75, 3.05) is 5.32 Å². The zero-order chi connectivity index (χ0) is 13.7. The van der Waals surface area contributed by atoms with E-state index < -0.39 is 0 Å². The van der Waals surface area contributed by atoms with Crippen LogP contribution in [0.4, 0.5) is 5.82 Å². The van der Waals surface area contributed by atoms with Gasteiger partial charge in [-0.05, 0) is 18.9 Å². The minimum atomic E-state index is -0.0583. The normalized spacial score (nSPS) is 10.4. The molecule has 0 fully saturated rings. The van der Waals surface area contributed by atoms with Gasteiger partial charge in [-0.25, -0.2) is 4.98 Å². The van der Waals surface area contributed by atoms with Gasteiger partial charge in [-0.3, -0.25) is 4.79 Å². The SMILES string of the molecule is CCCn1ccnc(NCc2cccc(C)c2)c1=O. The lowest BCUT2D eigenvalue weighted by molar-refractivity contribution is 0.649. The molecule has 1 aromatic heterocycles. The Kier molecular flexibility index (Phi) is 4.34. The van der Waals surface area contributed by atoms with Crippen molar-refractivity contribution in [2.24, 2.45) is 0 Å². The zero-order valence-corrected chi connectivity index (χ0v) is 11.4. The molecule has 0 unspecified atom stereocenters. The Labute approximate surface area is 113 Å². The van der Waals surface area contributed by atoms with Gasteiger partial charge in [0.05, 0.1) is 0 Å². The van der Waals surface area contributed by atoms with Gasteiger partial charge < -0.3 is 9.88 Å². The number of nitrogens with one attached hydrogen (secondary N) is 1. The first kappa shape index (κ1) is 13.3. The molecule has 1 aromatic carbocycles. The number of hydrogen-bond donors (Lipinski definition) is 1. The first-order valence-electron chi connectivity index (χ1n) is 6.55. The molecular weight excluding hydrogens is 238 g/mol. The molecule has 0 saturated heterocycles. The fraction of sp³-hybridized carbons (Fsp3) is 0.333. The van der Waals surface area contributed by atoms with Crippen molar-refractivity contribution >= 4 is 5.82 Å². The van der Waals surface area contributed by atoms with Crippen LogP contribution in [0.25, 0.3) is 0 Å². The molecule has 0 atom stereocenters. The van der Waals surface area contributed by atoms with E-state index in [9.17, 15) is 4.79 Å². The first-order valence-corrected chi connectivity index (χ1v) is 6.55. The molecule has 4 heteroatoms. The summed E-state index contributed by atoms with van der Waals surface area (Å²) in [5.74, 6) is 0.414. The molecular formula is C15H19N3O. The van der Waals surface area contributed by atoms with Crippen molar-refractivity contribution in [1.82, 2.24) is 9.55 Å². The van der Waals surface area contributed by atoms with E-state index in [1.54, 1.807) is 17.0 Å². The van der Waals surface area contributed by atoms with E-state index in [4.69, 9.17) is 0 Å². The molecule has 4 nitrogen and oxygen atoms in total. The summed E-state index contributed by atoms with van der Waals surface area (Å²) in [5.41, 5.74) is 2.30. The van der Waals surface area contributed by atoms with Gasteiger partial charge in [-0.1, -0.05) is 36.8 Å². The minimum absolute atomic E-state index is 0.0583. The Morgan fingerprint density at radius 3 is 2.95 bits per heavy atom. The number of aryl methyl sites for hydroxylation is 2. The summed E-state index contributed by atoms with van der Waals surface area (Å²) in [4.78, 5) is 16.2. The van der Waals surface area contributed by atoms with Gasteiger partial charge in [0, 0.05) is 25.5 Å². The largest absolute Gasteiger partial charge is 0.361 e. The highest BCUT2D eigenvalue weighted by atomic mass is 16.1. The van der Waals surface area contributed by atoms with Gasteiger partial charge in [0.2, 0.25) is 0 Å². The summed E-state index contributed by atoms with van der Waals surface area (Å²) < 4.78 is 1.69. The molecule has 0 radical (unpaired) electrons. The molecule has 0 aliphatic rings. The number of anilines is 1. The van der Waals surface area contributed by atoms with Crippen molar-refractivity contribution in [3.05, 3.63) is 58.1 Å². The van der Waals surface area contributed by atoms with Crippen LogP contribution in [-0.4, -0.2) is 9.55 Å². The first-order chi connectivity index (χ1) is 9.20. The lowest BCUT2D eigenvalue weighted by Crippen LogP contribution is -2.24. The van der Waals surface area contributed by atoms with Crippen molar-refractivity contribution in [3.63, 3.8) is 0 Å². The number of rotatable bonds is 5. The average Bonchev–Trinajstić information content (AvgIpc) is 2.40. The smallest absolute Gasteiger partial charge is 0.293 e. The molecule has 0 amide bonds. The van der Waals surface area contributed by atoms with E-state index in [0.29, 0.717) is 12.4 Å². The third-order valence-electron chi connectivity index (χ3n) is 2.92. The molecule has 19 heavy (non-hydrogen) atoms. The van der Waals surface area contributed by atoms with Crippen LogP contribution >= 0.6 is 0 Å². The van der Waals surface area contributed by atoms with Crippen LogP contribution in [-0.2, 0) is 13.1 Å². The number of aromatic nitrogens is 2. The molecule has 1 heterocycles. The molecule has 100 valence electrons. The Hall–Kier alpha value is -2.10. The van der Waals surface area contributed by atoms with Crippen molar-refractivity contribution in [3.8, 4) is 0 Å². The number of nitrogens with zero attached hydrogens (tertiary/aromatic N) is 2. The maximum absolute atomic E-state index is 12.1. The Morgan fingerprint density at radius 2 is 2.21 bits per heavy atom. The van der Waals surface area contributed by atoms with Crippen LogP contribution in [0.3, 0.4) is 0 Å². The third kappa shape index (κ3) is 3.44. The molecule has 0 aliphatic carbocycles. The van der Waals surface area contributed by atoms with Crippen molar-refractivity contribution < 1.29 is 0 Å². The number of benzene rings is 1. The maximum Gasteiger partial charge on any atom is 0.293 e. The fourth-order valence-corrected chi connectivity index (χ4v) is 1.99. The van der Waals surface area contributed by atoms with Crippen LogP contribution in [0, 0.1) is 6.92 Å². The fourth-order valence-electron chi connectivity index (χ4n) is 1.99. The Bertz CT molecular complexity index is 604. The second-order valence-corrected chi connectivity index (χ2v) is 4.62. The van der Waals surface area contributed by atoms with Gasteiger partial charge in [-0.15, -0.1) is 0 Å². The summed E-state index contributed by atoms with van der Waals surface area (Å²) in [6.07, 6.45) is 4.32. The quantitative estimate of drug-likeness (QED) is 0.895. The van der Waals surface area contributed by atoms with Gasteiger partial charge in [0.25, 0.3) is 5.56 Å². The Morgan fingerprint density at radius 1 is 1.37 bits per heavy atom. The second kappa shape index (κ2) is 6.18. The molecule has 0 bridgehead atoms. The van der Waals surface area contributed by atoms with Crippen LogP contribution in [0.1, 0.15) is 24.5 Å². The van der Waals surface area contributed by atoms with Crippen molar-refractivity contribution in [2.45, 2.75) is 33.4 Å². The molecule has 1 N–H and O–H groups in total. The third-order valence-corrected chi connectivity index (χ3v) is 2.92. The highest BCUT2D eigenvalue weighted by molar-refractivity contribution is 5.33. The number of hydrogen-bond acceptors (Lipinski definition) is 3. The molecule has 0 saturated carbocycles. The van der Waals surface area contributed by atoms with Crippen LogP contribution < -0.4 is 10.9 Å². The predicted molar refractivity (Wildman–Crippen MR) is 77.3 cm³/mol. The van der Waals surface area contributed by atoms with E-state index >= 15 is 0 Å². The average molecular weight is 257 g/mol. The summed E-state index contributed by atoms with van der Waals surface area (Å²) in [6, 6.07) is 8.20. The lowest BCUT2D eigenvalue weighted by atomic mass is 10.1. The van der Waals surface area contributed by atoms with E-state index in [2.05, 4.69) is 29.4 Å². The molecule has 2 rings (SSSR count). The van der Waals surface area contributed by atoms with Crippen LogP contribution in [0.5, 0.6) is 0 Å². The van der Waals surface area contributed by atoms with E-state index in [1.807, 2.05) is 19.1 Å². The van der Waals surface area contributed by atoms with Gasteiger partial charge in [0.1, 0.15) is 0 Å². The highest BCUT2D eigenvalue weighted by Gasteiger charge is 2.03. The molecule has 0 aliphatic heterocycles. The highest BCUT2D eigenvalue weighted by Crippen LogP contribution is 2.05. The van der Waals surface area contributed by atoms with E-state index in [1.165, 1.54) is 5.56 Å². The standard InChI is InChI=1S/C15H19N3O/c1-3-8-18-9-7-16-14(15(18)19)17-11-13-6-4-5-12(2)10-13/h4-7,9-10H,3,8,11H2,1-2H3,(H,16,17). The van der Waals surface area contributed by atoms with E-state index in [0.717, 1.165) is 18.5 Å². The van der Waals surface area contributed by atoms with Crippen LogP contribution in [0.15, 0.2) is 41.5 Å². The maximum atomic E-state index is 12.1. The van der Waals surface area contributed by atoms with Crippen molar-refractivity contribution in [1.29, 1.82) is 0 Å². The second-order valence-electron chi connectivity index (χ2n) is 4.62. The van der Waals surface area contributed by atoms with Gasteiger partial charge in [-0.2, -0.15) is 0 Å². The zero-order valence-electron chi connectivity index (χ0n) is 11.4.